The number of thioether (sulfide) groups is 1. The Kier molecular flexibility index (Phi) is 5.27. The summed E-state index contributed by atoms with van der Waals surface area (Å²) in [6, 6.07) is 0.315. The van der Waals surface area contributed by atoms with E-state index in [2.05, 4.69) is 29.6 Å². The summed E-state index contributed by atoms with van der Waals surface area (Å²) in [6.07, 6.45) is 5.89. The molecule has 1 fully saturated rings. The molecule has 0 atom stereocenters. The molecule has 0 bridgehead atoms. The molecular formula is C13H22N4OS. The van der Waals surface area contributed by atoms with Gasteiger partial charge >= 0.3 is 0 Å². The summed E-state index contributed by atoms with van der Waals surface area (Å²) < 4.78 is 1.84. The molecule has 0 radical (unpaired) electrons. The van der Waals surface area contributed by atoms with Crippen LogP contribution < -0.4 is 10.6 Å². The summed E-state index contributed by atoms with van der Waals surface area (Å²) in [5, 5.41) is 11.1. The minimum atomic E-state index is 0.0619. The standard InChI is InChI=1S/C13H22N4OS/c1-10(2)17-8-11(7-15-17)16-13(18)9-19-12-3-5-14-6-4-12/h7-8,10,12,14H,3-6,9H2,1-2H3,(H,16,18). The molecule has 0 aliphatic carbocycles. The minimum absolute atomic E-state index is 0.0619. The number of carbonyl (C=O) groups is 1. The lowest BCUT2D eigenvalue weighted by Gasteiger charge is -2.21. The first-order valence-electron chi connectivity index (χ1n) is 6.81. The van der Waals surface area contributed by atoms with Gasteiger partial charge in [-0.2, -0.15) is 5.10 Å². The van der Waals surface area contributed by atoms with Crippen molar-refractivity contribution < 1.29 is 4.79 Å². The molecule has 1 aromatic rings. The number of anilines is 1. The van der Waals surface area contributed by atoms with Crippen molar-refractivity contribution in [1.82, 2.24) is 15.1 Å². The zero-order valence-corrected chi connectivity index (χ0v) is 12.4. The fraction of sp³-hybridized carbons (Fsp3) is 0.692. The maximum atomic E-state index is 11.8. The number of hydrogen-bond donors (Lipinski definition) is 2. The van der Waals surface area contributed by atoms with Crippen LogP contribution in [0.2, 0.25) is 0 Å². The molecule has 1 aromatic heterocycles. The average molecular weight is 282 g/mol. The zero-order valence-electron chi connectivity index (χ0n) is 11.6. The number of hydrogen-bond acceptors (Lipinski definition) is 4. The first-order chi connectivity index (χ1) is 9.15. The Morgan fingerprint density at radius 1 is 1.58 bits per heavy atom. The third kappa shape index (κ3) is 4.54. The van der Waals surface area contributed by atoms with E-state index < -0.39 is 0 Å². The summed E-state index contributed by atoms with van der Waals surface area (Å²) in [6.45, 7) is 6.26. The molecule has 6 heteroatoms. The molecule has 1 saturated heterocycles. The fourth-order valence-corrected chi connectivity index (χ4v) is 3.07. The van der Waals surface area contributed by atoms with Crippen LogP contribution in [0, 0.1) is 0 Å². The van der Waals surface area contributed by atoms with Crippen molar-refractivity contribution in [2.75, 3.05) is 24.2 Å². The molecule has 2 rings (SSSR count). The number of rotatable bonds is 5. The van der Waals surface area contributed by atoms with Crippen LogP contribution in [0.15, 0.2) is 12.4 Å². The van der Waals surface area contributed by atoms with Gasteiger partial charge < -0.3 is 10.6 Å². The van der Waals surface area contributed by atoms with Gasteiger partial charge in [-0.1, -0.05) is 0 Å². The van der Waals surface area contributed by atoms with Gasteiger partial charge in [0.05, 0.1) is 17.6 Å². The van der Waals surface area contributed by atoms with Crippen LogP contribution in [0.1, 0.15) is 32.7 Å². The zero-order chi connectivity index (χ0) is 13.7. The lowest BCUT2D eigenvalue weighted by Crippen LogP contribution is -2.30. The Hall–Kier alpha value is -1.01. The quantitative estimate of drug-likeness (QED) is 0.866. The summed E-state index contributed by atoms with van der Waals surface area (Å²) >= 11 is 1.76. The molecule has 19 heavy (non-hydrogen) atoms. The minimum Gasteiger partial charge on any atom is -0.323 e. The van der Waals surface area contributed by atoms with Crippen LogP contribution in [0.25, 0.3) is 0 Å². The van der Waals surface area contributed by atoms with Crippen LogP contribution in [0.3, 0.4) is 0 Å². The molecule has 2 heterocycles. The van der Waals surface area contributed by atoms with E-state index in [-0.39, 0.29) is 5.91 Å². The van der Waals surface area contributed by atoms with Crippen LogP contribution in [-0.4, -0.2) is 39.8 Å². The Balaban J connectivity index is 1.73. The second-order valence-corrected chi connectivity index (χ2v) is 6.40. The van der Waals surface area contributed by atoms with Crippen molar-refractivity contribution in [2.45, 2.75) is 38.0 Å². The number of nitrogens with zero attached hydrogens (tertiary/aromatic N) is 2. The number of amides is 1. The van der Waals surface area contributed by atoms with Gasteiger partial charge in [0, 0.05) is 17.5 Å². The van der Waals surface area contributed by atoms with Crippen LogP contribution >= 0.6 is 11.8 Å². The van der Waals surface area contributed by atoms with E-state index in [4.69, 9.17) is 0 Å². The monoisotopic (exact) mass is 282 g/mol. The van der Waals surface area contributed by atoms with Crippen LogP contribution in [0.5, 0.6) is 0 Å². The van der Waals surface area contributed by atoms with Crippen molar-refractivity contribution >= 4 is 23.4 Å². The molecular weight excluding hydrogens is 260 g/mol. The van der Waals surface area contributed by atoms with E-state index >= 15 is 0 Å². The maximum absolute atomic E-state index is 11.8. The molecule has 0 saturated carbocycles. The summed E-state index contributed by atoms with van der Waals surface area (Å²) in [7, 11) is 0. The van der Waals surface area contributed by atoms with Crippen LogP contribution in [0.4, 0.5) is 5.69 Å². The van der Waals surface area contributed by atoms with Gasteiger partial charge in [0.1, 0.15) is 0 Å². The molecule has 1 aliphatic rings. The lowest BCUT2D eigenvalue weighted by molar-refractivity contribution is -0.113. The van der Waals surface area contributed by atoms with Gasteiger partial charge in [0.25, 0.3) is 0 Å². The molecule has 2 N–H and O–H groups in total. The van der Waals surface area contributed by atoms with Gasteiger partial charge in [-0.05, 0) is 39.8 Å². The smallest absolute Gasteiger partial charge is 0.234 e. The van der Waals surface area contributed by atoms with E-state index in [0.29, 0.717) is 17.0 Å². The lowest BCUT2D eigenvalue weighted by atomic mass is 10.2. The number of piperidine rings is 1. The summed E-state index contributed by atoms with van der Waals surface area (Å²) in [4.78, 5) is 11.8. The maximum Gasteiger partial charge on any atom is 0.234 e. The number of nitrogens with one attached hydrogen (secondary N) is 2. The fourth-order valence-electron chi connectivity index (χ4n) is 2.04. The first kappa shape index (κ1) is 14.4. The molecule has 1 aliphatic heterocycles. The second-order valence-electron chi connectivity index (χ2n) is 5.11. The summed E-state index contributed by atoms with van der Waals surface area (Å²) in [5.41, 5.74) is 0.782. The molecule has 5 nitrogen and oxygen atoms in total. The molecule has 0 aromatic carbocycles. The molecule has 1 amide bonds. The van der Waals surface area contributed by atoms with Crippen molar-refractivity contribution in [2.24, 2.45) is 0 Å². The highest BCUT2D eigenvalue weighted by Crippen LogP contribution is 2.20. The van der Waals surface area contributed by atoms with Gasteiger partial charge in [-0.25, -0.2) is 0 Å². The topological polar surface area (TPSA) is 59.0 Å². The van der Waals surface area contributed by atoms with Gasteiger partial charge in [-0.3, -0.25) is 9.48 Å². The summed E-state index contributed by atoms with van der Waals surface area (Å²) in [5.74, 6) is 0.587. The van der Waals surface area contributed by atoms with E-state index in [9.17, 15) is 4.79 Å². The Morgan fingerprint density at radius 3 is 2.95 bits per heavy atom. The highest BCUT2D eigenvalue weighted by atomic mass is 32.2. The third-order valence-corrected chi connectivity index (χ3v) is 4.52. The van der Waals surface area contributed by atoms with E-state index in [1.54, 1.807) is 18.0 Å². The van der Waals surface area contributed by atoms with Crippen LogP contribution in [-0.2, 0) is 4.79 Å². The average Bonchev–Trinajstić information content (AvgIpc) is 2.86. The largest absolute Gasteiger partial charge is 0.323 e. The molecule has 0 spiro atoms. The Bertz CT molecular complexity index is 413. The molecule has 0 unspecified atom stereocenters. The van der Waals surface area contributed by atoms with Gasteiger partial charge in [0.2, 0.25) is 5.91 Å². The number of carbonyl (C=O) groups excluding carboxylic acids is 1. The third-order valence-electron chi connectivity index (χ3n) is 3.15. The number of aromatic nitrogens is 2. The normalized spacial score (nSPS) is 16.8. The van der Waals surface area contributed by atoms with Gasteiger partial charge in [-0.15, -0.1) is 11.8 Å². The first-order valence-corrected chi connectivity index (χ1v) is 7.86. The van der Waals surface area contributed by atoms with Crippen molar-refractivity contribution in [3.05, 3.63) is 12.4 Å². The predicted octanol–water partition coefficient (Wildman–Crippen LogP) is 1.89. The van der Waals surface area contributed by atoms with E-state index in [0.717, 1.165) is 31.6 Å². The Labute approximate surface area is 118 Å². The van der Waals surface area contributed by atoms with E-state index in [1.165, 1.54) is 0 Å². The van der Waals surface area contributed by atoms with Crippen molar-refractivity contribution in [3.8, 4) is 0 Å². The SMILES string of the molecule is CC(C)n1cc(NC(=O)CSC2CCNCC2)cn1. The highest BCUT2D eigenvalue weighted by molar-refractivity contribution is 8.00. The van der Waals surface area contributed by atoms with Crippen molar-refractivity contribution in [3.63, 3.8) is 0 Å². The van der Waals surface area contributed by atoms with E-state index in [1.807, 2.05) is 10.9 Å². The second kappa shape index (κ2) is 6.96. The predicted molar refractivity (Wildman–Crippen MR) is 79.6 cm³/mol. The van der Waals surface area contributed by atoms with Crippen molar-refractivity contribution in [1.29, 1.82) is 0 Å². The Morgan fingerprint density at radius 2 is 2.32 bits per heavy atom. The highest BCUT2D eigenvalue weighted by Gasteiger charge is 2.15. The molecule has 106 valence electrons. The van der Waals surface area contributed by atoms with Gasteiger partial charge in [0.15, 0.2) is 0 Å².